The van der Waals surface area contributed by atoms with E-state index in [2.05, 4.69) is 112 Å². The molecule has 0 aliphatic carbocycles. The number of benzene rings is 1. The van der Waals surface area contributed by atoms with Crippen LogP contribution < -0.4 is 0 Å². The molecule has 0 spiro atoms. The predicted molar refractivity (Wildman–Crippen MR) is 136 cm³/mol. The highest BCUT2D eigenvalue weighted by Gasteiger charge is 2.55. The van der Waals surface area contributed by atoms with Crippen molar-refractivity contribution in [1.82, 2.24) is 5.06 Å². The highest BCUT2D eigenvalue weighted by Crippen LogP contribution is 2.48. The number of hydrogen-bond acceptors (Lipinski definition) is 3. The second-order valence-electron chi connectivity index (χ2n) is 12.1. The lowest BCUT2D eigenvalue weighted by Gasteiger charge is -2.58. The Bertz CT molecular complexity index is 771. The van der Waals surface area contributed by atoms with E-state index >= 15 is 0 Å². The van der Waals surface area contributed by atoms with Crippen LogP contribution in [0.4, 0.5) is 0 Å². The zero-order chi connectivity index (χ0) is 24.5. The van der Waals surface area contributed by atoms with E-state index < -0.39 is 0 Å². The summed E-state index contributed by atoms with van der Waals surface area (Å²) in [6.45, 7) is 24.7. The first-order chi connectivity index (χ1) is 14.6. The second-order valence-corrected chi connectivity index (χ2v) is 12.1. The third-order valence-electron chi connectivity index (χ3n) is 9.22. The summed E-state index contributed by atoms with van der Waals surface area (Å²) in [5.41, 5.74) is 0.598. The molecule has 5 atom stereocenters. The standard InChI is InChI=1S/C29H49NO2/c1-12-28(10)20-25(31)23(5)29(11,13-2)30(28)32-27(8,9)21(3)19-26(6,7)22(4)24-17-15-14-16-18-24/h14-18,21-23H,12-13,19-20H2,1-11H3. The summed E-state index contributed by atoms with van der Waals surface area (Å²) in [7, 11) is 0. The average Bonchev–Trinajstić information content (AvgIpc) is 2.75. The van der Waals surface area contributed by atoms with E-state index in [1.165, 1.54) is 5.56 Å². The second kappa shape index (κ2) is 9.58. The fourth-order valence-corrected chi connectivity index (χ4v) is 5.40. The number of Topliss-reactive ketones (excluding diaryl/α,β-unsaturated/α-hetero) is 1. The van der Waals surface area contributed by atoms with E-state index in [0.717, 1.165) is 19.3 Å². The third-order valence-corrected chi connectivity index (χ3v) is 9.22. The molecule has 0 N–H and O–H groups in total. The van der Waals surface area contributed by atoms with Crippen LogP contribution in [0.2, 0.25) is 0 Å². The van der Waals surface area contributed by atoms with E-state index in [0.29, 0.717) is 24.0 Å². The molecule has 1 saturated heterocycles. The van der Waals surface area contributed by atoms with Crippen LogP contribution in [0.25, 0.3) is 0 Å². The van der Waals surface area contributed by atoms with Crippen molar-refractivity contribution in [2.24, 2.45) is 17.3 Å². The molecule has 1 heterocycles. The van der Waals surface area contributed by atoms with Gasteiger partial charge in [0.05, 0.1) is 16.7 Å². The molecule has 3 heteroatoms. The van der Waals surface area contributed by atoms with Gasteiger partial charge in [-0.1, -0.05) is 78.8 Å². The smallest absolute Gasteiger partial charge is 0.139 e. The Hall–Kier alpha value is -1.19. The van der Waals surface area contributed by atoms with Crippen molar-refractivity contribution in [3.8, 4) is 0 Å². The fourth-order valence-electron chi connectivity index (χ4n) is 5.40. The third kappa shape index (κ3) is 5.14. The van der Waals surface area contributed by atoms with Crippen LogP contribution in [-0.2, 0) is 9.63 Å². The number of ketones is 1. The molecule has 0 bridgehead atoms. The molecule has 0 aromatic heterocycles. The van der Waals surface area contributed by atoms with E-state index in [4.69, 9.17) is 4.84 Å². The molecule has 1 aromatic carbocycles. The maximum absolute atomic E-state index is 12.9. The maximum Gasteiger partial charge on any atom is 0.139 e. The molecule has 182 valence electrons. The first-order valence-corrected chi connectivity index (χ1v) is 12.7. The highest BCUT2D eigenvalue weighted by atomic mass is 16.7. The summed E-state index contributed by atoms with van der Waals surface area (Å²) in [6, 6.07) is 10.8. The van der Waals surface area contributed by atoms with Gasteiger partial charge in [0.25, 0.3) is 0 Å². The molecule has 32 heavy (non-hydrogen) atoms. The minimum Gasteiger partial charge on any atom is -0.299 e. The van der Waals surface area contributed by atoms with Gasteiger partial charge in [-0.05, 0) is 69.8 Å². The number of hydrogen-bond donors (Lipinski definition) is 0. The minimum absolute atomic E-state index is 0.0345. The first kappa shape index (κ1) is 27.1. The quantitative estimate of drug-likeness (QED) is 0.390. The summed E-state index contributed by atoms with van der Waals surface area (Å²) in [5.74, 6) is 1.13. The van der Waals surface area contributed by atoms with Gasteiger partial charge < -0.3 is 0 Å². The normalized spacial score (nSPS) is 29.7. The Morgan fingerprint density at radius 1 is 1.06 bits per heavy atom. The van der Waals surface area contributed by atoms with E-state index in [1.54, 1.807) is 0 Å². The molecule has 3 nitrogen and oxygen atoms in total. The Morgan fingerprint density at radius 3 is 2.12 bits per heavy atom. The molecule has 1 aliphatic heterocycles. The van der Waals surface area contributed by atoms with Crippen LogP contribution in [0.15, 0.2) is 30.3 Å². The lowest BCUT2D eigenvalue weighted by Crippen LogP contribution is -2.68. The van der Waals surface area contributed by atoms with Crippen LogP contribution in [0.5, 0.6) is 0 Å². The summed E-state index contributed by atoms with van der Waals surface area (Å²) in [5, 5.41) is 2.25. The van der Waals surface area contributed by atoms with Crippen LogP contribution >= 0.6 is 0 Å². The first-order valence-electron chi connectivity index (χ1n) is 12.7. The lowest BCUT2D eigenvalue weighted by atomic mass is 9.68. The number of piperidine rings is 1. The summed E-state index contributed by atoms with van der Waals surface area (Å²) >= 11 is 0. The van der Waals surface area contributed by atoms with Crippen molar-refractivity contribution in [2.45, 2.75) is 124 Å². The molecule has 1 aromatic rings. The maximum atomic E-state index is 12.9. The Morgan fingerprint density at radius 2 is 1.62 bits per heavy atom. The van der Waals surface area contributed by atoms with Crippen molar-refractivity contribution >= 4 is 5.78 Å². The summed E-state index contributed by atoms with van der Waals surface area (Å²) in [4.78, 5) is 19.9. The van der Waals surface area contributed by atoms with E-state index in [1.807, 2.05) is 0 Å². The van der Waals surface area contributed by atoms with Gasteiger partial charge in [0.15, 0.2) is 0 Å². The van der Waals surface area contributed by atoms with Crippen LogP contribution in [-0.4, -0.2) is 27.5 Å². The predicted octanol–water partition coefficient (Wildman–Crippen LogP) is 7.80. The van der Waals surface area contributed by atoms with E-state index in [9.17, 15) is 4.79 Å². The summed E-state index contributed by atoms with van der Waals surface area (Å²) < 4.78 is 0. The number of carbonyl (C=O) groups is 1. The van der Waals surface area contributed by atoms with Crippen LogP contribution in [0, 0.1) is 17.3 Å². The van der Waals surface area contributed by atoms with Crippen LogP contribution in [0.3, 0.4) is 0 Å². The monoisotopic (exact) mass is 443 g/mol. The van der Waals surface area contributed by atoms with Crippen molar-refractivity contribution in [3.63, 3.8) is 0 Å². The van der Waals surface area contributed by atoms with Gasteiger partial charge >= 0.3 is 0 Å². The van der Waals surface area contributed by atoms with Gasteiger partial charge in [-0.25, -0.2) is 0 Å². The zero-order valence-corrected chi connectivity index (χ0v) is 22.7. The zero-order valence-electron chi connectivity index (χ0n) is 22.7. The fraction of sp³-hybridized carbons (Fsp3) is 0.759. The van der Waals surface area contributed by atoms with Crippen molar-refractivity contribution in [2.75, 3.05) is 0 Å². The number of hydroxylamine groups is 2. The molecule has 1 fully saturated rings. The highest BCUT2D eigenvalue weighted by molar-refractivity contribution is 5.84. The Kier molecular flexibility index (Phi) is 8.10. The molecule has 0 saturated carbocycles. The SMILES string of the molecule is CCC1(C)CC(=O)C(C)C(C)(CC)N1OC(C)(C)C(C)CC(C)(C)C(C)c1ccccc1. The van der Waals surface area contributed by atoms with Gasteiger partial charge in [-0.3, -0.25) is 9.63 Å². The molecule has 2 rings (SSSR count). The minimum atomic E-state index is -0.347. The Balaban J connectivity index is 2.28. The van der Waals surface area contributed by atoms with Gasteiger partial charge in [0, 0.05) is 12.3 Å². The molecular formula is C29H49NO2. The lowest BCUT2D eigenvalue weighted by molar-refractivity contribution is -0.348. The van der Waals surface area contributed by atoms with Crippen LogP contribution in [0.1, 0.15) is 113 Å². The Labute approximate surface area is 198 Å². The molecule has 0 amide bonds. The average molecular weight is 444 g/mol. The molecular weight excluding hydrogens is 394 g/mol. The van der Waals surface area contributed by atoms with Crippen molar-refractivity contribution < 1.29 is 9.63 Å². The number of nitrogens with zero attached hydrogens (tertiary/aromatic N) is 1. The molecule has 5 unspecified atom stereocenters. The van der Waals surface area contributed by atoms with Gasteiger partial charge in [0.2, 0.25) is 0 Å². The molecule has 0 radical (unpaired) electrons. The van der Waals surface area contributed by atoms with Crippen molar-refractivity contribution in [1.29, 1.82) is 0 Å². The molecule has 1 aliphatic rings. The van der Waals surface area contributed by atoms with Gasteiger partial charge in [0.1, 0.15) is 5.78 Å². The van der Waals surface area contributed by atoms with Gasteiger partial charge in [-0.15, -0.1) is 0 Å². The van der Waals surface area contributed by atoms with Crippen molar-refractivity contribution in [3.05, 3.63) is 35.9 Å². The number of rotatable bonds is 9. The topological polar surface area (TPSA) is 29.5 Å². The largest absolute Gasteiger partial charge is 0.299 e. The summed E-state index contributed by atoms with van der Waals surface area (Å²) in [6.07, 6.45) is 3.39. The van der Waals surface area contributed by atoms with E-state index in [-0.39, 0.29) is 28.0 Å². The number of carbonyl (C=O) groups excluding carboxylic acids is 1. The van der Waals surface area contributed by atoms with Gasteiger partial charge in [-0.2, -0.15) is 5.06 Å².